The molecule has 1 atom stereocenters. The van der Waals surface area contributed by atoms with Gasteiger partial charge in [-0.25, -0.2) is 9.18 Å². The number of carbonyl (C=O) groups excluding carboxylic acids is 1. The molecule has 0 saturated heterocycles. The minimum atomic E-state index is -2.86. The molecule has 154 valence electrons. The summed E-state index contributed by atoms with van der Waals surface area (Å²) in [4.78, 5) is 14.7. The lowest BCUT2D eigenvalue weighted by Crippen LogP contribution is -2.43. The summed E-state index contributed by atoms with van der Waals surface area (Å²) < 4.78 is 43.5. The van der Waals surface area contributed by atoms with Crippen LogP contribution >= 0.6 is 0 Å². The van der Waals surface area contributed by atoms with Crippen molar-refractivity contribution in [2.45, 2.75) is 57.3 Å². The largest absolute Gasteiger partial charge is 0.435 e. The van der Waals surface area contributed by atoms with Gasteiger partial charge in [0.2, 0.25) is 0 Å². The molecule has 1 unspecified atom stereocenters. The van der Waals surface area contributed by atoms with Crippen LogP contribution in [0.25, 0.3) is 0 Å². The number of hydrogen-bond donors (Lipinski definition) is 1. The van der Waals surface area contributed by atoms with Crippen molar-refractivity contribution in [2.75, 3.05) is 0 Å². The minimum Gasteiger partial charge on any atom is -0.435 e. The van der Waals surface area contributed by atoms with E-state index in [1.165, 1.54) is 12.1 Å². The molecule has 2 aromatic carbocycles. The average Bonchev–Trinajstić information content (AvgIpc) is 3.52. The van der Waals surface area contributed by atoms with E-state index in [0.29, 0.717) is 5.56 Å². The quantitative estimate of drug-likeness (QED) is 0.721. The van der Waals surface area contributed by atoms with Gasteiger partial charge in [0.25, 0.3) is 0 Å². The van der Waals surface area contributed by atoms with Crippen molar-refractivity contribution in [3.05, 3.63) is 65.0 Å². The summed E-state index contributed by atoms with van der Waals surface area (Å²) in [5.74, 6) is -0.189. The SMILES string of the molecule is O=C(NC1CCCc2cc(OC(F)F)ccc21)N(Cc1ccccc1F)C1CC1. The Hall–Kier alpha value is -2.70. The molecule has 4 nitrogen and oxygen atoms in total. The predicted molar refractivity (Wildman–Crippen MR) is 102 cm³/mol. The highest BCUT2D eigenvalue weighted by molar-refractivity contribution is 5.75. The second-order valence-electron chi connectivity index (χ2n) is 7.58. The lowest BCUT2D eigenvalue weighted by molar-refractivity contribution is -0.0499. The molecule has 4 rings (SSSR count). The van der Waals surface area contributed by atoms with Crippen LogP contribution in [0.4, 0.5) is 18.0 Å². The smallest absolute Gasteiger partial charge is 0.387 e. The first-order chi connectivity index (χ1) is 14.0. The van der Waals surface area contributed by atoms with Gasteiger partial charge in [0, 0.05) is 11.6 Å². The van der Waals surface area contributed by atoms with Crippen molar-refractivity contribution >= 4 is 6.03 Å². The molecular weight excluding hydrogens is 381 g/mol. The van der Waals surface area contributed by atoms with E-state index in [4.69, 9.17) is 0 Å². The Kier molecular flexibility index (Phi) is 5.65. The van der Waals surface area contributed by atoms with Crippen LogP contribution in [0.5, 0.6) is 5.75 Å². The highest BCUT2D eigenvalue weighted by atomic mass is 19.3. The van der Waals surface area contributed by atoms with Gasteiger partial charge in [-0.1, -0.05) is 24.3 Å². The van der Waals surface area contributed by atoms with E-state index in [-0.39, 0.29) is 36.2 Å². The van der Waals surface area contributed by atoms with Gasteiger partial charge >= 0.3 is 12.6 Å². The number of amides is 2. The molecule has 0 spiro atoms. The molecule has 1 N–H and O–H groups in total. The molecule has 2 aliphatic rings. The summed E-state index contributed by atoms with van der Waals surface area (Å²) in [5, 5.41) is 3.07. The summed E-state index contributed by atoms with van der Waals surface area (Å²) in [6.07, 6.45) is 4.19. The van der Waals surface area contributed by atoms with Crippen molar-refractivity contribution in [1.29, 1.82) is 0 Å². The van der Waals surface area contributed by atoms with E-state index in [9.17, 15) is 18.0 Å². The third kappa shape index (κ3) is 4.66. The lowest BCUT2D eigenvalue weighted by atomic mass is 9.87. The van der Waals surface area contributed by atoms with Gasteiger partial charge in [-0.2, -0.15) is 8.78 Å². The third-order valence-corrected chi connectivity index (χ3v) is 5.50. The molecule has 0 aliphatic heterocycles. The zero-order valence-corrected chi connectivity index (χ0v) is 15.9. The summed E-state index contributed by atoms with van der Waals surface area (Å²) in [6.45, 7) is -2.64. The Balaban J connectivity index is 1.48. The van der Waals surface area contributed by atoms with Gasteiger partial charge in [-0.3, -0.25) is 0 Å². The zero-order valence-electron chi connectivity index (χ0n) is 15.9. The van der Waals surface area contributed by atoms with Crippen LogP contribution in [0, 0.1) is 5.82 Å². The van der Waals surface area contributed by atoms with E-state index >= 15 is 0 Å². The van der Waals surface area contributed by atoms with Gasteiger partial charge in [0.1, 0.15) is 11.6 Å². The van der Waals surface area contributed by atoms with Gasteiger partial charge in [0.05, 0.1) is 12.6 Å². The van der Waals surface area contributed by atoms with Gasteiger partial charge in [0.15, 0.2) is 0 Å². The summed E-state index contributed by atoms with van der Waals surface area (Å²) >= 11 is 0. The monoisotopic (exact) mass is 404 g/mol. The number of halogens is 3. The average molecular weight is 404 g/mol. The maximum absolute atomic E-state index is 14.1. The predicted octanol–water partition coefficient (Wildman–Crippen LogP) is 5.18. The summed E-state index contributed by atoms with van der Waals surface area (Å²) in [7, 11) is 0. The minimum absolute atomic E-state index is 0.125. The van der Waals surface area contributed by atoms with Crippen LogP contribution in [-0.2, 0) is 13.0 Å². The Morgan fingerprint density at radius 2 is 1.97 bits per heavy atom. The normalized spacial score (nSPS) is 18.3. The van der Waals surface area contributed by atoms with Crippen molar-refractivity contribution in [1.82, 2.24) is 10.2 Å². The number of benzene rings is 2. The van der Waals surface area contributed by atoms with Gasteiger partial charge in [-0.05, 0) is 61.4 Å². The van der Waals surface area contributed by atoms with Gasteiger partial charge < -0.3 is 15.0 Å². The van der Waals surface area contributed by atoms with E-state index in [1.807, 2.05) is 0 Å². The number of rotatable bonds is 6. The Labute approximate surface area is 167 Å². The molecule has 2 aliphatic carbocycles. The first-order valence-corrected chi connectivity index (χ1v) is 9.89. The van der Waals surface area contributed by atoms with Gasteiger partial charge in [-0.15, -0.1) is 0 Å². The molecule has 29 heavy (non-hydrogen) atoms. The molecule has 7 heteroatoms. The molecule has 1 fully saturated rings. The number of carbonyl (C=O) groups is 1. The number of ether oxygens (including phenoxy) is 1. The highest BCUT2D eigenvalue weighted by Gasteiger charge is 2.34. The van der Waals surface area contributed by atoms with Crippen LogP contribution in [-0.4, -0.2) is 23.6 Å². The number of urea groups is 1. The number of nitrogens with zero attached hydrogens (tertiary/aromatic N) is 1. The Morgan fingerprint density at radius 1 is 1.17 bits per heavy atom. The van der Waals surface area contributed by atoms with Crippen LogP contribution in [0.1, 0.15) is 48.4 Å². The first kappa shape index (κ1) is 19.6. The fraction of sp³-hybridized carbons (Fsp3) is 0.409. The topological polar surface area (TPSA) is 41.6 Å². The second-order valence-corrected chi connectivity index (χ2v) is 7.58. The number of alkyl halides is 2. The summed E-state index contributed by atoms with van der Waals surface area (Å²) in [6, 6.07) is 11.1. The number of hydrogen-bond acceptors (Lipinski definition) is 2. The van der Waals surface area contributed by atoms with Crippen molar-refractivity contribution in [3.63, 3.8) is 0 Å². The van der Waals surface area contributed by atoms with Crippen LogP contribution in [0.15, 0.2) is 42.5 Å². The second kappa shape index (κ2) is 8.35. The first-order valence-electron chi connectivity index (χ1n) is 9.89. The van der Waals surface area contributed by atoms with Crippen LogP contribution in [0.3, 0.4) is 0 Å². The van der Waals surface area contributed by atoms with Crippen molar-refractivity contribution in [3.8, 4) is 5.75 Å². The molecule has 0 heterocycles. The molecule has 0 aromatic heterocycles. The van der Waals surface area contributed by atoms with Crippen LogP contribution in [0.2, 0.25) is 0 Å². The van der Waals surface area contributed by atoms with E-state index in [1.54, 1.807) is 35.2 Å². The lowest BCUT2D eigenvalue weighted by Gasteiger charge is -2.30. The standard InChI is InChI=1S/C22H23F3N2O2/c23-19-6-2-1-4-15(19)13-27(16-8-9-16)22(28)26-20-7-3-5-14-12-17(29-21(24)25)10-11-18(14)20/h1-2,4,6,10-12,16,20-21H,3,5,7-9,13H2,(H,26,28). The maximum Gasteiger partial charge on any atom is 0.387 e. The molecule has 2 aromatic rings. The third-order valence-electron chi connectivity index (χ3n) is 5.50. The molecule has 1 saturated carbocycles. The Morgan fingerprint density at radius 3 is 2.69 bits per heavy atom. The number of fused-ring (bicyclic) bond motifs is 1. The van der Waals surface area contributed by atoms with E-state index < -0.39 is 6.61 Å². The van der Waals surface area contributed by atoms with Crippen molar-refractivity contribution in [2.24, 2.45) is 0 Å². The Bertz CT molecular complexity index is 886. The maximum atomic E-state index is 14.1. The highest BCUT2D eigenvalue weighted by Crippen LogP contribution is 2.34. The fourth-order valence-electron chi connectivity index (χ4n) is 3.91. The number of nitrogens with one attached hydrogen (secondary N) is 1. The molecule has 0 bridgehead atoms. The van der Waals surface area contributed by atoms with E-state index in [0.717, 1.165) is 43.2 Å². The summed E-state index contributed by atoms with van der Waals surface area (Å²) in [5.41, 5.74) is 2.33. The van der Waals surface area contributed by atoms with E-state index in [2.05, 4.69) is 10.1 Å². The zero-order chi connectivity index (χ0) is 20.4. The molecule has 0 radical (unpaired) electrons. The van der Waals surface area contributed by atoms with Crippen LogP contribution < -0.4 is 10.1 Å². The fourth-order valence-corrected chi connectivity index (χ4v) is 3.91. The molecule has 2 amide bonds. The number of aryl methyl sites for hydroxylation is 1. The molecular formula is C22H23F3N2O2. The van der Waals surface area contributed by atoms with Crippen molar-refractivity contribution < 1.29 is 22.7 Å².